The van der Waals surface area contributed by atoms with Gasteiger partial charge in [-0.1, -0.05) is 126 Å². The van der Waals surface area contributed by atoms with Crippen LogP contribution in [0, 0.1) is 0 Å². The number of aliphatic hydroxyl groups is 1. The van der Waals surface area contributed by atoms with E-state index in [1.165, 1.54) is 0 Å². The van der Waals surface area contributed by atoms with Gasteiger partial charge in [-0.05, 0) is 16.7 Å². The van der Waals surface area contributed by atoms with Gasteiger partial charge in [0.15, 0.2) is 24.8 Å². The van der Waals surface area contributed by atoms with Crippen molar-refractivity contribution in [2.24, 2.45) is 0 Å². The summed E-state index contributed by atoms with van der Waals surface area (Å²) in [5, 5.41) is 14.2. The maximum atomic E-state index is 13.4. The number of rotatable bonds is 18. The number of benzene rings is 3. The van der Waals surface area contributed by atoms with Gasteiger partial charge in [-0.15, -0.1) is 0 Å². The first kappa shape index (κ1) is 48.0. The topological polar surface area (TPSA) is 193 Å². The van der Waals surface area contributed by atoms with Crippen LogP contribution in [0.25, 0.3) is 0 Å². The van der Waals surface area contributed by atoms with E-state index in [0.29, 0.717) is 0 Å². The Hall–Kier alpha value is -4.07. The first-order valence-electron chi connectivity index (χ1n) is 19.2. The number of amides is 1. The number of ether oxygens (including phenoxy) is 10. The molecule has 2 fully saturated rings. The second kappa shape index (κ2) is 23.4. The standard InChI is InChI=1S/C42H48Cl3NO15/c1-25(47)53-23-32-34(57-26(2)48)36(58-27(3)49)33(46-41(51)56-24-42(43,44)45)40(60-32)61-35-31(22-52-19-28-13-7-4-8-14-28)59-39(50)38(55-21-30-17-11-6-12-18-30)37(35)54-20-29-15-9-5-10-16-29/h4-18,31-40,50H,19-24H2,1-3H3,(H,46,51)/t31-,32-,33-,34-,35-,36-,37+,38-,39+,40+/m1/s1. The molecule has 2 N–H and O–H groups in total. The fourth-order valence-electron chi connectivity index (χ4n) is 6.61. The molecule has 3 aromatic carbocycles. The number of halogens is 3. The predicted molar refractivity (Wildman–Crippen MR) is 217 cm³/mol. The summed E-state index contributed by atoms with van der Waals surface area (Å²) in [4.78, 5) is 50.6. The third-order valence-corrected chi connectivity index (χ3v) is 9.54. The lowest BCUT2D eigenvalue weighted by Crippen LogP contribution is -2.69. The zero-order chi connectivity index (χ0) is 43.9. The van der Waals surface area contributed by atoms with Gasteiger partial charge in [0.25, 0.3) is 0 Å². The van der Waals surface area contributed by atoms with Crippen molar-refractivity contribution in [1.82, 2.24) is 5.32 Å². The number of hydrogen-bond acceptors (Lipinski definition) is 15. The van der Waals surface area contributed by atoms with Crippen LogP contribution in [0.1, 0.15) is 37.5 Å². The van der Waals surface area contributed by atoms with Crippen LogP contribution in [0.3, 0.4) is 0 Å². The fourth-order valence-corrected chi connectivity index (χ4v) is 6.78. The van der Waals surface area contributed by atoms with E-state index >= 15 is 0 Å². The molecular weight excluding hydrogens is 865 g/mol. The summed E-state index contributed by atoms with van der Waals surface area (Å²) >= 11 is 17.5. The van der Waals surface area contributed by atoms with E-state index in [4.69, 9.17) is 82.2 Å². The molecule has 3 aromatic rings. The van der Waals surface area contributed by atoms with Gasteiger partial charge in [0.05, 0.1) is 26.4 Å². The minimum atomic E-state index is -2.01. The quantitative estimate of drug-likeness (QED) is 0.0973. The summed E-state index contributed by atoms with van der Waals surface area (Å²) in [7, 11) is 0. The van der Waals surface area contributed by atoms with Gasteiger partial charge in [0, 0.05) is 20.8 Å². The zero-order valence-corrected chi connectivity index (χ0v) is 35.7. The number of alkyl carbamates (subject to hydrolysis) is 1. The average molecular weight is 913 g/mol. The molecule has 0 spiro atoms. The molecule has 61 heavy (non-hydrogen) atoms. The molecule has 10 atom stereocenters. The van der Waals surface area contributed by atoms with Gasteiger partial charge >= 0.3 is 24.0 Å². The van der Waals surface area contributed by atoms with Crippen LogP contribution in [0.2, 0.25) is 0 Å². The molecule has 0 radical (unpaired) electrons. The molecule has 2 aliphatic rings. The first-order valence-corrected chi connectivity index (χ1v) is 20.3. The van der Waals surface area contributed by atoms with E-state index in [1.54, 1.807) is 0 Å². The highest BCUT2D eigenvalue weighted by Gasteiger charge is 2.55. The molecule has 2 saturated heterocycles. The van der Waals surface area contributed by atoms with Crippen molar-refractivity contribution in [2.45, 2.75) is 106 Å². The summed E-state index contributed by atoms with van der Waals surface area (Å²) in [5.74, 6) is -2.39. The lowest BCUT2D eigenvalue weighted by Gasteiger charge is -2.49. The zero-order valence-electron chi connectivity index (χ0n) is 33.5. The van der Waals surface area contributed by atoms with E-state index in [0.717, 1.165) is 37.5 Å². The van der Waals surface area contributed by atoms with E-state index in [2.05, 4.69) is 5.32 Å². The summed E-state index contributed by atoms with van der Waals surface area (Å²) in [6.45, 7) is 2.14. The molecule has 2 heterocycles. The highest BCUT2D eigenvalue weighted by Crippen LogP contribution is 2.35. The molecule has 5 rings (SSSR count). The van der Waals surface area contributed by atoms with Gasteiger partial charge in [0.1, 0.15) is 49.8 Å². The number of alkyl halides is 3. The van der Waals surface area contributed by atoms with Crippen molar-refractivity contribution in [1.29, 1.82) is 0 Å². The van der Waals surface area contributed by atoms with Crippen molar-refractivity contribution < 1.29 is 71.7 Å². The van der Waals surface area contributed by atoms with Gasteiger partial charge in [-0.3, -0.25) is 14.4 Å². The summed E-state index contributed by atoms with van der Waals surface area (Å²) in [6, 6.07) is 26.2. The smallest absolute Gasteiger partial charge is 0.407 e. The Morgan fingerprint density at radius 2 is 1.13 bits per heavy atom. The molecule has 0 unspecified atom stereocenters. The Bertz CT molecular complexity index is 1840. The molecule has 0 saturated carbocycles. The lowest BCUT2D eigenvalue weighted by atomic mass is 9.94. The highest BCUT2D eigenvalue weighted by molar-refractivity contribution is 6.67. The van der Waals surface area contributed by atoms with Crippen LogP contribution in [0.5, 0.6) is 0 Å². The minimum absolute atomic E-state index is 0.0110. The van der Waals surface area contributed by atoms with Crippen LogP contribution >= 0.6 is 34.8 Å². The molecular formula is C42H48Cl3NO15. The fraction of sp³-hybridized carbons (Fsp3) is 0.476. The number of hydrogen-bond donors (Lipinski definition) is 2. The summed E-state index contributed by atoms with van der Waals surface area (Å²) in [5.41, 5.74) is 2.40. The third-order valence-electron chi connectivity index (χ3n) is 9.22. The summed E-state index contributed by atoms with van der Waals surface area (Å²) < 4.78 is 58.1. The normalized spacial score (nSPS) is 26.4. The molecule has 19 heteroatoms. The number of esters is 3. The average Bonchev–Trinajstić information content (AvgIpc) is 3.21. The van der Waals surface area contributed by atoms with Gasteiger partial charge in [0.2, 0.25) is 3.79 Å². The van der Waals surface area contributed by atoms with Gasteiger partial charge < -0.3 is 57.8 Å². The largest absolute Gasteiger partial charge is 0.463 e. The van der Waals surface area contributed by atoms with Gasteiger partial charge in [-0.25, -0.2) is 4.79 Å². The van der Waals surface area contributed by atoms with E-state index < -0.39 is 102 Å². The number of carbonyl (C=O) groups is 4. The second-order valence-corrected chi connectivity index (χ2v) is 16.6. The van der Waals surface area contributed by atoms with Crippen LogP contribution in [0.4, 0.5) is 4.79 Å². The van der Waals surface area contributed by atoms with E-state index in [1.807, 2.05) is 91.0 Å². The van der Waals surface area contributed by atoms with Crippen LogP contribution in [-0.4, -0.2) is 114 Å². The van der Waals surface area contributed by atoms with Crippen molar-refractivity contribution in [3.63, 3.8) is 0 Å². The SMILES string of the molecule is CC(=O)OC[C@H]1O[C@@H](O[C@H]2[C@H](OCc3ccccc3)[C@@H](OCc3ccccc3)[C@@H](O)O[C@@H]2COCc2ccccc2)[C@H](NC(=O)OCC(Cl)(Cl)Cl)[C@@H](OC(C)=O)[C@@H]1OC(C)=O. The van der Waals surface area contributed by atoms with Gasteiger partial charge in [-0.2, -0.15) is 0 Å². The maximum absolute atomic E-state index is 13.4. The Kier molecular flexibility index (Phi) is 18.4. The number of carbonyl (C=O) groups excluding carboxylic acids is 4. The van der Waals surface area contributed by atoms with Crippen molar-refractivity contribution in [2.75, 3.05) is 19.8 Å². The van der Waals surface area contributed by atoms with Crippen LogP contribution in [-0.2, 0) is 81.6 Å². The summed E-state index contributed by atoms with van der Waals surface area (Å²) in [6.07, 6.45) is -13.6. The monoisotopic (exact) mass is 911 g/mol. The molecule has 0 bridgehead atoms. The minimum Gasteiger partial charge on any atom is -0.463 e. The van der Waals surface area contributed by atoms with E-state index in [-0.39, 0.29) is 26.4 Å². The molecule has 332 valence electrons. The van der Waals surface area contributed by atoms with Crippen LogP contribution in [0.15, 0.2) is 91.0 Å². The molecule has 1 amide bonds. The predicted octanol–water partition coefficient (Wildman–Crippen LogP) is 5.09. The van der Waals surface area contributed by atoms with Crippen LogP contribution < -0.4 is 5.32 Å². The Morgan fingerprint density at radius 3 is 1.66 bits per heavy atom. The number of aliphatic hydroxyl groups excluding tert-OH is 1. The van der Waals surface area contributed by atoms with E-state index in [9.17, 15) is 24.3 Å². The number of nitrogens with one attached hydrogen (secondary N) is 1. The van der Waals surface area contributed by atoms with Crippen molar-refractivity contribution >= 4 is 58.8 Å². The third kappa shape index (κ3) is 15.4. The van der Waals surface area contributed by atoms with Crippen molar-refractivity contribution in [3.05, 3.63) is 108 Å². The second-order valence-electron chi connectivity index (χ2n) is 14.0. The van der Waals surface area contributed by atoms with Crippen molar-refractivity contribution in [3.8, 4) is 0 Å². The molecule has 0 aliphatic carbocycles. The first-order chi connectivity index (χ1) is 29.2. The maximum Gasteiger partial charge on any atom is 0.407 e. The Morgan fingerprint density at radius 1 is 0.623 bits per heavy atom. The Labute approximate surface area is 367 Å². The highest BCUT2D eigenvalue weighted by atomic mass is 35.6. The Balaban J connectivity index is 1.57. The lowest BCUT2D eigenvalue weighted by molar-refractivity contribution is -0.353. The molecule has 0 aromatic heterocycles. The molecule has 2 aliphatic heterocycles. The molecule has 16 nitrogen and oxygen atoms in total.